The zero-order chi connectivity index (χ0) is 21.7. The molecule has 3 rings (SSSR count). The van der Waals surface area contributed by atoms with Gasteiger partial charge in [0, 0.05) is 6.07 Å². The minimum atomic E-state index is -0.616. The van der Waals surface area contributed by atoms with Crippen molar-refractivity contribution in [1.82, 2.24) is 9.97 Å². The van der Waals surface area contributed by atoms with Crippen LogP contribution >= 0.6 is 0 Å². The Morgan fingerprint density at radius 2 is 2.00 bits per heavy atom. The fourth-order valence-electron chi connectivity index (χ4n) is 3.03. The number of carbonyl (C=O) groups is 1. The molecule has 0 unspecified atom stereocenters. The molecule has 158 valence electrons. The molecule has 0 saturated carbocycles. The summed E-state index contributed by atoms with van der Waals surface area (Å²) in [6, 6.07) is 6.38. The van der Waals surface area contributed by atoms with Gasteiger partial charge in [0.1, 0.15) is 11.4 Å². The first-order chi connectivity index (χ1) is 14.2. The van der Waals surface area contributed by atoms with Gasteiger partial charge in [0.05, 0.1) is 22.5 Å². The van der Waals surface area contributed by atoms with Gasteiger partial charge in [-0.25, -0.2) is 14.8 Å². The minimum Gasteiger partial charge on any atom is -0.444 e. The lowest BCUT2D eigenvalue weighted by atomic mass is 9.97. The third-order valence-electron chi connectivity index (χ3n) is 4.35. The van der Waals surface area contributed by atoms with Gasteiger partial charge in [-0.05, 0) is 70.2 Å². The average Bonchev–Trinajstić information content (AvgIpc) is 2.68. The fourth-order valence-corrected chi connectivity index (χ4v) is 3.03. The van der Waals surface area contributed by atoms with E-state index in [0.29, 0.717) is 11.5 Å². The summed E-state index contributed by atoms with van der Waals surface area (Å²) in [5, 5.41) is 16.9. The first kappa shape index (κ1) is 21.2. The quantitative estimate of drug-likeness (QED) is 0.497. The molecular formula is C21H25N5O4. The van der Waals surface area contributed by atoms with Crippen LogP contribution in [0.15, 0.2) is 36.5 Å². The number of hydrogen-bond donors (Lipinski definition) is 2. The second-order valence-corrected chi connectivity index (χ2v) is 7.98. The Labute approximate surface area is 174 Å². The summed E-state index contributed by atoms with van der Waals surface area (Å²) in [6.45, 7) is 5.30. The van der Waals surface area contributed by atoms with Crippen molar-refractivity contribution in [3.63, 3.8) is 0 Å². The van der Waals surface area contributed by atoms with Crippen LogP contribution in [-0.4, -0.2) is 26.6 Å². The maximum atomic E-state index is 11.8. The van der Waals surface area contributed by atoms with Crippen LogP contribution in [0.25, 0.3) is 5.57 Å². The summed E-state index contributed by atoms with van der Waals surface area (Å²) in [5.41, 5.74) is 1.61. The molecular weight excluding hydrogens is 386 g/mol. The molecule has 9 nitrogen and oxygen atoms in total. The van der Waals surface area contributed by atoms with E-state index in [-0.39, 0.29) is 11.5 Å². The van der Waals surface area contributed by atoms with Gasteiger partial charge in [0.15, 0.2) is 0 Å². The maximum absolute atomic E-state index is 11.8. The number of nitrogens with zero attached hydrogens (tertiary/aromatic N) is 3. The Morgan fingerprint density at radius 1 is 1.20 bits per heavy atom. The average molecular weight is 411 g/mol. The summed E-state index contributed by atoms with van der Waals surface area (Å²) in [4.78, 5) is 31.4. The molecule has 0 fully saturated rings. The number of amides is 1. The van der Waals surface area contributed by atoms with Gasteiger partial charge < -0.3 is 10.1 Å². The molecule has 1 aliphatic rings. The Hall–Kier alpha value is -3.49. The van der Waals surface area contributed by atoms with Crippen molar-refractivity contribution in [1.29, 1.82) is 0 Å². The van der Waals surface area contributed by atoms with E-state index >= 15 is 0 Å². The van der Waals surface area contributed by atoms with E-state index < -0.39 is 16.6 Å². The smallest absolute Gasteiger partial charge is 0.413 e. The molecule has 2 aromatic rings. The molecule has 2 aromatic heterocycles. The van der Waals surface area contributed by atoms with Gasteiger partial charge in [0.2, 0.25) is 5.82 Å². The summed E-state index contributed by atoms with van der Waals surface area (Å²) < 4.78 is 5.18. The first-order valence-electron chi connectivity index (χ1n) is 9.79. The van der Waals surface area contributed by atoms with Crippen LogP contribution < -0.4 is 10.6 Å². The van der Waals surface area contributed by atoms with Crippen molar-refractivity contribution >= 4 is 34.7 Å². The number of ether oxygens (including phenoxy) is 1. The number of allylic oxidation sites excluding steroid dienone is 2. The largest absolute Gasteiger partial charge is 0.444 e. The molecule has 1 amide bonds. The third-order valence-corrected chi connectivity index (χ3v) is 4.35. The van der Waals surface area contributed by atoms with Crippen molar-refractivity contribution in [2.24, 2.45) is 0 Å². The molecule has 9 heteroatoms. The molecule has 2 N–H and O–H groups in total. The van der Waals surface area contributed by atoms with Crippen LogP contribution in [0.3, 0.4) is 0 Å². The van der Waals surface area contributed by atoms with E-state index in [1.54, 1.807) is 39.0 Å². The van der Waals surface area contributed by atoms with Crippen LogP contribution in [0.2, 0.25) is 0 Å². The normalized spacial score (nSPS) is 13.9. The van der Waals surface area contributed by atoms with Gasteiger partial charge in [-0.15, -0.1) is 0 Å². The summed E-state index contributed by atoms with van der Waals surface area (Å²) in [5.74, 6) is 0.456. The van der Waals surface area contributed by atoms with Crippen LogP contribution in [0.5, 0.6) is 0 Å². The van der Waals surface area contributed by atoms with E-state index in [9.17, 15) is 14.9 Å². The van der Waals surface area contributed by atoms with Crippen molar-refractivity contribution in [2.45, 2.75) is 52.1 Å². The van der Waals surface area contributed by atoms with Crippen molar-refractivity contribution in [3.8, 4) is 0 Å². The number of nitro groups is 1. The summed E-state index contributed by atoms with van der Waals surface area (Å²) >= 11 is 0. The zero-order valence-electron chi connectivity index (χ0n) is 17.3. The molecule has 1 aliphatic carbocycles. The van der Waals surface area contributed by atoms with Gasteiger partial charge in [-0.1, -0.05) is 6.08 Å². The van der Waals surface area contributed by atoms with E-state index in [0.717, 1.165) is 37.0 Å². The topological polar surface area (TPSA) is 119 Å². The van der Waals surface area contributed by atoms with Gasteiger partial charge >= 0.3 is 11.8 Å². The van der Waals surface area contributed by atoms with Crippen LogP contribution in [-0.2, 0) is 4.74 Å². The molecule has 30 heavy (non-hydrogen) atoms. The van der Waals surface area contributed by atoms with Gasteiger partial charge in [0.25, 0.3) is 0 Å². The molecule has 0 bridgehead atoms. The van der Waals surface area contributed by atoms with E-state index in [4.69, 9.17) is 4.74 Å². The highest BCUT2D eigenvalue weighted by molar-refractivity contribution is 5.83. The predicted octanol–water partition coefficient (Wildman–Crippen LogP) is 5.43. The standard InChI is InChI=1S/C21H25N5O4/c1-21(2,3)30-20(27)25-18-12-9-15(13-22-18)23-19-17(26(28)29)11-10-16(24-19)14-7-5-4-6-8-14/h7,9-13H,4-6,8H2,1-3H3,(H,23,24)(H,22,25,27). The molecule has 0 radical (unpaired) electrons. The molecule has 0 atom stereocenters. The summed E-state index contributed by atoms with van der Waals surface area (Å²) in [6.07, 6.45) is 7.13. The fraction of sp³-hybridized carbons (Fsp3) is 0.381. The number of aromatic nitrogens is 2. The number of hydrogen-bond acceptors (Lipinski definition) is 7. The highest BCUT2D eigenvalue weighted by Crippen LogP contribution is 2.31. The Balaban J connectivity index is 1.77. The number of rotatable bonds is 5. The van der Waals surface area contributed by atoms with Crippen LogP contribution in [0.4, 0.5) is 27.8 Å². The molecule has 0 aromatic carbocycles. The second-order valence-electron chi connectivity index (χ2n) is 7.98. The third kappa shape index (κ3) is 5.76. The number of carbonyl (C=O) groups excluding carboxylic acids is 1. The van der Waals surface area contributed by atoms with Crippen molar-refractivity contribution in [2.75, 3.05) is 10.6 Å². The van der Waals surface area contributed by atoms with E-state index in [1.807, 2.05) is 0 Å². The van der Waals surface area contributed by atoms with Crippen molar-refractivity contribution in [3.05, 3.63) is 52.3 Å². The molecule has 2 heterocycles. The Bertz CT molecular complexity index is 964. The second kappa shape index (κ2) is 8.89. The SMILES string of the molecule is CC(C)(C)OC(=O)Nc1ccc(Nc2nc(C3=CCCCC3)ccc2[N+](=O)[O-])cn1. The highest BCUT2D eigenvalue weighted by atomic mass is 16.6. The van der Waals surface area contributed by atoms with Crippen molar-refractivity contribution < 1.29 is 14.5 Å². The number of nitrogens with one attached hydrogen (secondary N) is 2. The Morgan fingerprint density at radius 3 is 2.60 bits per heavy atom. The molecule has 0 spiro atoms. The Kier molecular flexibility index (Phi) is 6.29. The monoisotopic (exact) mass is 411 g/mol. The first-order valence-corrected chi connectivity index (χ1v) is 9.79. The maximum Gasteiger partial charge on any atom is 0.413 e. The van der Waals surface area contributed by atoms with E-state index in [2.05, 4.69) is 26.7 Å². The molecule has 0 aliphatic heterocycles. The minimum absolute atomic E-state index is 0.119. The van der Waals surface area contributed by atoms with Gasteiger partial charge in [-0.2, -0.15) is 0 Å². The zero-order valence-corrected chi connectivity index (χ0v) is 17.3. The molecule has 0 saturated heterocycles. The summed E-state index contributed by atoms with van der Waals surface area (Å²) in [7, 11) is 0. The van der Waals surface area contributed by atoms with Gasteiger partial charge in [-0.3, -0.25) is 15.4 Å². The predicted molar refractivity (Wildman–Crippen MR) is 115 cm³/mol. The van der Waals surface area contributed by atoms with E-state index in [1.165, 1.54) is 12.3 Å². The van der Waals surface area contributed by atoms with Crippen LogP contribution in [0, 0.1) is 10.1 Å². The number of pyridine rings is 2. The lowest BCUT2D eigenvalue weighted by molar-refractivity contribution is -0.384. The van der Waals surface area contributed by atoms with Crippen LogP contribution in [0.1, 0.15) is 52.1 Å². The number of anilines is 3. The lowest BCUT2D eigenvalue weighted by Gasteiger charge is -2.19. The highest BCUT2D eigenvalue weighted by Gasteiger charge is 2.19. The lowest BCUT2D eigenvalue weighted by Crippen LogP contribution is -2.27.